The number of non-ortho nitro benzene ring substituents is 1. The van der Waals surface area contributed by atoms with E-state index in [0.29, 0.717) is 34.1 Å². The van der Waals surface area contributed by atoms with Crippen molar-refractivity contribution < 1.29 is 17.5 Å². The fourth-order valence-electron chi connectivity index (χ4n) is 3.72. The van der Waals surface area contributed by atoms with E-state index in [1.54, 1.807) is 42.5 Å². The van der Waals surface area contributed by atoms with Gasteiger partial charge in [0.15, 0.2) is 0 Å². The molecule has 8 nitrogen and oxygen atoms in total. The maximum atomic E-state index is 12.4. The average Bonchev–Trinajstić information content (AvgIpc) is 3.15. The number of anilines is 1. The van der Waals surface area contributed by atoms with Crippen LogP contribution in [0.4, 0.5) is 11.4 Å². The molecule has 3 aromatic carbocycles. The second-order valence-corrected chi connectivity index (χ2v) is 8.68. The second-order valence-electron chi connectivity index (χ2n) is 7.04. The van der Waals surface area contributed by atoms with Gasteiger partial charge >= 0.3 is 0 Å². The largest absolute Gasteiger partial charge is 0.384 e. The molecule has 152 valence electrons. The minimum Gasteiger partial charge on any atom is -0.384 e. The first kappa shape index (κ1) is 19.8. The summed E-state index contributed by atoms with van der Waals surface area (Å²) in [7, 11) is -3.79. The fraction of sp³-hybridized carbons (Fsp3) is 0.190. The van der Waals surface area contributed by atoms with Crippen LogP contribution in [0, 0.1) is 21.4 Å². The lowest BCUT2D eigenvalue weighted by molar-refractivity contribution is -0.383. The molecule has 4 rings (SSSR count). The van der Waals surface area contributed by atoms with E-state index < -0.39 is 15.0 Å². The van der Waals surface area contributed by atoms with Crippen molar-refractivity contribution in [3.05, 3.63) is 81.4 Å². The van der Waals surface area contributed by atoms with Crippen molar-refractivity contribution in [2.24, 2.45) is 0 Å². The van der Waals surface area contributed by atoms with Gasteiger partial charge < -0.3 is 5.32 Å². The van der Waals surface area contributed by atoms with E-state index in [1.807, 2.05) is 6.07 Å². The van der Waals surface area contributed by atoms with Crippen molar-refractivity contribution in [3.63, 3.8) is 0 Å². The lowest BCUT2D eigenvalue weighted by atomic mass is 9.93. The Kier molecular flexibility index (Phi) is 5.11. The molecule has 1 unspecified atom stereocenters. The summed E-state index contributed by atoms with van der Waals surface area (Å²) in [6.07, 6.45) is 0. The first-order valence-electron chi connectivity index (χ1n) is 9.18. The zero-order chi connectivity index (χ0) is 21.3. The summed E-state index contributed by atoms with van der Waals surface area (Å²) < 4.78 is 30.1. The van der Waals surface area contributed by atoms with Gasteiger partial charge in [-0.3, -0.25) is 14.3 Å². The SMILES string of the molecule is N#Cc1ccc2c3c(cc([N+](=O)[O-])c2c1)NCC3COS(=O)(=O)Cc1ccccc1. The van der Waals surface area contributed by atoms with Gasteiger partial charge in [-0.2, -0.15) is 13.7 Å². The van der Waals surface area contributed by atoms with Gasteiger partial charge in [-0.1, -0.05) is 36.4 Å². The van der Waals surface area contributed by atoms with Gasteiger partial charge in [-0.25, -0.2) is 0 Å². The van der Waals surface area contributed by atoms with Crippen LogP contribution in [0.2, 0.25) is 0 Å². The smallest absolute Gasteiger partial charge is 0.279 e. The molecule has 0 fully saturated rings. The van der Waals surface area contributed by atoms with Crippen LogP contribution in [0.25, 0.3) is 10.8 Å². The quantitative estimate of drug-likeness (QED) is 0.364. The van der Waals surface area contributed by atoms with Crippen molar-refractivity contribution in [3.8, 4) is 6.07 Å². The van der Waals surface area contributed by atoms with Crippen LogP contribution < -0.4 is 5.32 Å². The summed E-state index contributed by atoms with van der Waals surface area (Å²) in [6, 6.07) is 16.9. The standard InChI is InChI=1S/C21H17N3O5S/c22-10-15-6-7-17-18(8-15)20(24(25)26)9-19-21(17)16(11-23-19)12-29-30(27,28)13-14-4-2-1-3-5-14/h1-9,16,23H,11-13H2. The summed E-state index contributed by atoms with van der Waals surface area (Å²) in [6.45, 7) is 0.314. The Bertz CT molecular complexity index is 1280. The fourth-order valence-corrected chi connectivity index (χ4v) is 4.77. The summed E-state index contributed by atoms with van der Waals surface area (Å²) in [5.41, 5.74) is 2.18. The first-order chi connectivity index (χ1) is 14.4. The molecule has 3 aromatic rings. The number of rotatable bonds is 6. The van der Waals surface area contributed by atoms with E-state index in [0.717, 1.165) is 5.56 Å². The molecule has 9 heteroatoms. The van der Waals surface area contributed by atoms with Gasteiger partial charge in [0, 0.05) is 24.2 Å². The van der Waals surface area contributed by atoms with Crippen molar-refractivity contribution in [2.75, 3.05) is 18.5 Å². The van der Waals surface area contributed by atoms with Crippen molar-refractivity contribution >= 4 is 32.3 Å². The summed E-state index contributed by atoms with van der Waals surface area (Å²) in [5, 5.41) is 24.7. The third-order valence-corrected chi connectivity index (χ3v) is 6.25. The molecule has 1 aliphatic rings. The van der Waals surface area contributed by atoms with Crippen LogP contribution in [-0.2, 0) is 20.1 Å². The van der Waals surface area contributed by atoms with Crippen molar-refractivity contribution in [1.82, 2.24) is 0 Å². The highest BCUT2D eigenvalue weighted by Crippen LogP contribution is 2.42. The third-order valence-electron chi connectivity index (χ3n) is 5.06. The van der Waals surface area contributed by atoms with Gasteiger partial charge in [0.05, 0.1) is 28.5 Å². The summed E-state index contributed by atoms with van der Waals surface area (Å²) in [4.78, 5) is 11.0. The monoisotopic (exact) mass is 423 g/mol. The molecule has 0 aliphatic carbocycles. The Morgan fingerprint density at radius 2 is 1.93 bits per heavy atom. The van der Waals surface area contributed by atoms with E-state index in [1.165, 1.54) is 12.1 Å². The number of nitrogens with one attached hydrogen (secondary N) is 1. The lowest BCUT2D eigenvalue weighted by Crippen LogP contribution is -2.16. The number of benzene rings is 3. The molecule has 0 amide bonds. The number of hydrogen-bond donors (Lipinski definition) is 1. The predicted molar refractivity (Wildman–Crippen MR) is 112 cm³/mol. The number of nitro benzene ring substituents is 1. The Balaban J connectivity index is 1.65. The van der Waals surface area contributed by atoms with E-state index in [4.69, 9.17) is 9.44 Å². The molecule has 0 radical (unpaired) electrons. The maximum Gasteiger partial charge on any atom is 0.279 e. The Hall–Kier alpha value is -3.48. The first-order valence-corrected chi connectivity index (χ1v) is 10.8. The normalized spacial score (nSPS) is 15.4. The Morgan fingerprint density at radius 3 is 2.63 bits per heavy atom. The highest BCUT2D eigenvalue weighted by atomic mass is 32.2. The van der Waals surface area contributed by atoms with Gasteiger partial charge in [-0.15, -0.1) is 0 Å². The minimum absolute atomic E-state index is 0.0813. The van der Waals surface area contributed by atoms with E-state index in [2.05, 4.69) is 5.32 Å². The number of fused-ring (bicyclic) bond motifs is 3. The maximum absolute atomic E-state index is 12.4. The van der Waals surface area contributed by atoms with Crippen LogP contribution in [-0.4, -0.2) is 26.5 Å². The van der Waals surface area contributed by atoms with Gasteiger partial charge in [0.2, 0.25) is 0 Å². The molecule has 0 saturated heterocycles. The molecule has 30 heavy (non-hydrogen) atoms. The molecule has 1 N–H and O–H groups in total. The highest BCUT2D eigenvalue weighted by Gasteiger charge is 2.30. The second kappa shape index (κ2) is 7.74. The molecular weight excluding hydrogens is 406 g/mol. The van der Waals surface area contributed by atoms with Crippen LogP contribution in [0.5, 0.6) is 0 Å². The average molecular weight is 423 g/mol. The lowest BCUT2D eigenvalue weighted by Gasteiger charge is -2.14. The minimum atomic E-state index is -3.79. The number of hydrogen-bond acceptors (Lipinski definition) is 7. The Labute approximate surface area is 173 Å². The van der Waals surface area contributed by atoms with Gasteiger partial charge in [-0.05, 0) is 28.6 Å². The van der Waals surface area contributed by atoms with Crippen LogP contribution in [0.3, 0.4) is 0 Å². The zero-order valence-electron chi connectivity index (χ0n) is 15.7. The predicted octanol–water partition coefficient (Wildman–Crippen LogP) is 3.68. The molecular formula is C21H17N3O5S. The van der Waals surface area contributed by atoms with Crippen molar-refractivity contribution in [1.29, 1.82) is 5.26 Å². The molecule has 0 spiro atoms. The highest BCUT2D eigenvalue weighted by molar-refractivity contribution is 7.85. The molecule has 0 aromatic heterocycles. The summed E-state index contributed by atoms with van der Waals surface area (Å²) in [5.74, 6) is -0.533. The van der Waals surface area contributed by atoms with Crippen LogP contribution >= 0.6 is 0 Å². The third kappa shape index (κ3) is 3.83. The molecule has 0 saturated carbocycles. The van der Waals surface area contributed by atoms with Crippen LogP contribution in [0.1, 0.15) is 22.6 Å². The topological polar surface area (TPSA) is 122 Å². The van der Waals surface area contributed by atoms with E-state index in [-0.39, 0.29) is 24.0 Å². The molecule has 1 heterocycles. The molecule has 1 atom stereocenters. The number of nitrogens with zero attached hydrogens (tertiary/aromatic N) is 2. The number of nitro groups is 1. The molecule has 0 bridgehead atoms. The van der Waals surface area contributed by atoms with E-state index in [9.17, 15) is 18.5 Å². The van der Waals surface area contributed by atoms with Gasteiger partial charge in [0.1, 0.15) is 5.75 Å². The van der Waals surface area contributed by atoms with Crippen molar-refractivity contribution in [2.45, 2.75) is 11.7 Å². The molecule has 1 aliphatic heterocycles. The number of nitriles is 1. The van der Waals surface area contributed by atoms with E-state index >= 15 is 0 Å². The Morgan fingerprint density at radius 1 is 1.17 bits per heavy atom. The zero-order valence-corrected chi connectivity index (χ0v) is 16.6. The van der Waals surface area contributed by atoms with Gasteiger partial charge in [0.25, 0.3) is 15.8 Å². The van der Waals surface area contributed by atoms with Crippen LogP contribution in [0.15, 0.2) is 54.6 Å². The summed E-state index contributed by atoms with van der Waals surface area (Å²) >= 11 is 0.